The van der Waals surface area contributed by atoms with Crippen molar-refractivity contribution in [3.05, 3.63) is 58.8 Å². The Morgan fingerprint density at radius 2 is 1.74 bits per heavy atom. The van der Waals surface area contributed by atoms with Gasteiger partial charge in [0.25, 0.3) is 5.91 Å². The van der Waals surface area contributed by atoms with Crippen molar-refractivity contribution in [3.63, 3.8) is 0 Å². The highest BCUT2D eigenvalue weighted by Crippen LogP contribution is 2.61. The van der Waals surface area contributed by atoms with Crippen molar-refractivity contribution < 1.29 is 41.8 Å². The Bertz CT molecular complexity index is 1670. The molecule has 0 atom stereocenters. The van der Waals surface area contributed by atoms with Crippen molar-refractivity contribution in [2.45, 2.75) is 44.6 Å². The minimum Gasteiger partial charge on any atom is -0.495 e. The third kappa shape index (κ3) is 6.11. The molecule has 5 rings (SSSR count). The van der Waals surface area contributed by atoms with Crippen molar-refractivity contribution in [1.29, 1.82) is 0 Å². The standard InChI is InChI=1S/C30H36F3N6O6P/c1-5-29(6-2,46(41,42)43)18-7-8-21(24(15-18)44-4)36-28-34-16-20(30(31,32)33)26(37-28)35-22-9-10-23(39-11-13-45-14-12-39)19-17-38(3)27(40)25(19)22/h7-10,15-16H,5-6,11-14,17H2,1-4H3,(H2,41,42,43)(H2,34,35,36,37). The summed E-state index contributed by atoms with van der Waals surface area (Å²) in [5.74, 6) is -0.926. The number of halogens is 3. The smallest absolute Gasteiger partial charge is 0.421 e. The summed E-state index contributed by atoms with van der Waals surface area (Å²) in [6, 6.07) is 7.88. The Hall–Kier alpha value is -3.91. The maximum Gasteiger partial charge on any atom is 0.421 e. The van der Waals surface area contributed by atoms with Crippen molar-refractivity contribution in [2.24, 2.45) is 0 Å². The number of methoxy groups -OCH3 is 1. The van der Waals surface area contributed by atoms with E-state index in [1.807, 2.05) is 0 Å². The van der Waals surface area contributed by atoms with Crippen LogP contribution in [0.1, 0.15) is 53.7 Å². The van der Waals surface area contributed by atoms with E-state index < -0.39 is 30.3 Å². The number of benzene rings is 2. The Kier molecular flexibility index (Phi) is 9.24. The molecule has 2 aliphatic rings. The molecular weight excluding hydrogens is 628 g/mol. The normalized spacial score (nSPS) is 15.6. The minimum absolute atomic E-state index is 0.163. The van der Waals surface area contributed by atoms with Gasteiger partial charge < -0.3 is 39.7 Å². The molecule has 16 heteroatoms. The van der Waals surface area contributed by atoms with Gasteiger partial charge in [0.2, 0.25) is 5.95 Å². The van der Waals surface area contributed by atoms with Crippen LogP contribution in [-0.2, 0) is 27.2 Å². The van der Waals surface area contributed by atoms with Gasteiger partial charge in [0.05, 0.1) is 42.4 Å². The second kappa shape index (κ2) is 12.7. The summed E-state index contributed by atoms with van der Waals surface area (Å²) >= 11 is 0. The van der Waals surface area contributed by atoms with E-state index in [9.17, 15) is 32.3 Å². The molecule has 248 valence electrons. The van der Waals surface area contributed by atoms with Gasteiger partial charge in [-0.25, -0.2) is 4.98 Å². The zero-order chi connectivity index (χ0) is 33.4. The first kappa shape index (κ1) is 33.5. The number of nitrogens with one attached hydrogen (secondary N) is 2. The average Bonchev–Trinajstić information content (AvgIpc) is 3.32. The molecule has 12 nitrogen and oxygen atoms in total. The molecule has 3 heterocycles. The number of amides is 1. The van der Waals surface area contributed by atoms with E-state index in [1.54, 1.807) is 33.0 Å². The van der Waals surface area contributed by atoms with Crippen LogP contribution < -0.4 is 20.3 Å². The Morgan fingerprint density at radius 1 is 1.07 bits per heavy atom. The lowest BCUT2D eigenvalue weighted by Crippen LogP contribution is -2.36. The molecule has 0 spiro atoms. The van der Waals surface area contributed by atoms with Gasteiger partial charge in [0.15, 0.2) is 0 Å². The predicted molar refractivity (Wildman–Crippen MR) is 166 cm³/mol. The zero-order valence-corrected chi connectivity index (χ0v) is 26.7. The van der Waals surface area contributed by atoms with Crippen LogP contribution in [-0.4, -0.2) is 71.0 Å². The fourth-order valence-electron chi connectivity index (χ4n) is 6.06. The van der Waals surface area contributed by atoms with Gasteiger partial charge >= 0.3 is 13.8 Å². The van der Waals surface area contributed by atoms with Gasteiger partial charge in [-0.2, -0.15) is 18.2 Å². The molecule has 0 saturated carbocycles. The Morgan fingerprint density at radius 3 is 2.35 bits per heavy atom. The topological polar surface area (TPSA) is 149 Å². The minimum atomic E-state index is -4.82. The SMILES string of the molecule is CCC(CC)(c1ccc(Nc2ncc(C(F)(F)F)c(Nc3ccc(N4CCOCC4)c4c3C(=O)N(C)C4)n2)c(OC)c1)P(=O)(O)O. The van der Waals surface area contributed by atoms with E-state index in [4.69, 9.17) is 9.47 Å². The van der Waals surface area contributed by atoms with E-state index in [0.29, 0.717) is 50.2 Å². The van der Waals surface area contributed by atoms with Gasteiger partial charge in [-0.1, -0.05) is 19.9 Å². The number of fused-ring (bicyclic) bond motifs is 1. The number of nitrogens with zero attached hydrogens (tertiary/aromatic N) is 4. The van der Waals surface area contributed by atoms with Crippen molar-refractivity contribution >= 4 is 42.3 Å². The number of hydrogen-bond acceptors (Lipinski definition) is 9. The summed E-state index contributed by atoms with van der Waals surface area (Å²) in [5.41, 5.74) is 1.45. The molecule has 2 aliphatic heterocycles. The van der Waals surface area contributed by atoms with Crippen LogP contribution in [0.5, 0.6) is 5.75 Å². The van der Waals surface area contributed by atoms with Crippen LogP contribution in [0.4, 0.5) is 42.0 Å². The molecular formula is C30H36F3N6O6P. The number of carbonyl (C=O) groups excluding carboxylic acids is 1. The number of rotatable bonds is 10. The first-order valence-electron chi connectivity index (χ1n) is 14.7. The van der Waals surface area contributed by atoms with Crippen LogP contribution >= 0.6 is 7.60 Å². The maximum atomic E-state index is 14.1. The predicted octanol–water partition coefficient (Wildman–Crippen LogP) is 5.61. The van der Waals surface area contributed by atoms with Gasteiger partial charge in [0.1, 0.15) is 17.1 Å². The number of ether oxygens (including phenoxy) is 2. The molecule has 46 heavy (non-hydrogen) atoms. The van der Waals surface area contributed by atoms with Gasteiger partial charge in [-0.15, -0.1) is 0 Å². The number of morpholine rings is 1. The summed E-state index contributed by atoms with van der Waals surface area (Å²) in [7, 11) is -1.59. The highest BCUT2D eigenvalue weighted by atomic mass is 31.2. The fourth-order valence-corrected chi connectivity index (χ4v) is 7.36. The van der Waals surface area contributed by atoms with E-state index in [-0.39, 0.29) is 47.4 Å². The number of hydrogen-bond donors (Lipinski definition) is 4. The van der Waals surface area contributed by atoms with Gasteiger partial charge in [-0.3, -0.25) is 9.36 Å². The lowest BCUT2D eigenvalue weighted by Gasteiger charge is -2.33. The molecule has 1 aromatic heterocycles. The molecule has 2 aromatic carbocycles. The van der Waals surface area contributed by atoms with Crippen molar-refractivity contribution in [1.82, 2.24) is 14.9 Å². The van der Waals surface area contributed by atoms with Gasteiger partial charge in [-0.05, 0) is 42.7 Å². The number of alkyl halides is 3. The Labute approximate surface area is 264 Å². The van der Waals surface area contributed by atoms with Crippen LogP contribution in [0.15, 0.2) is 36.5 Å². The highest BCUT2D eigenvalue weighted by molar-refractivity contribution is 7.53. The second-order valence-electron chi connectivity index (χ2n) is 11.1. The summed E-state index contributed by atoms with van der Waals surface area (Å²) < 4.78 is 65.9. The zero-order valence-electron chi connectivity index (χ0n) is 25.8. The van der Waals surface area contributed by atoms with E-state index >= 15 is 0 Å². The number of carbonyl (C=O) groups is 1. The van der Waals surface area contributed by atoms with E-state index in [1.165, 1.54) is 30.2 Å². The first-order valence-corrected chi connectivity index (χ1v) is 16.3. The van der Waals surface area contributed by atoms with Crippen LogP contribution in [0, 0.1) is 0 Å². The van der Waals surface area contributed by atoms with Crippen LogP contribution in [0.25, 0.3) is 0 Å². The first-order chi connectivity index (χ1) is 21.7. The van der Waals surface area contributed by atoms with E-state index in [2.05, 4.69) is 25.5 Å². The van der Waals surface area contributed by atoms with Crippen molar-refractivity contribution in [3.8, 4) is 5.75 Å². The van der Waals surface area contributed by atoms with Gasteiger partial charge in [0, 0.05) is 44.1 Å². The third-order valence-electron chi connectivity index (χ3n) is 8.66. The molecule has 1 amide bonds. The van der Waals surface area contributed by atoms with E-state index in [0.717, 1.165) is 5.69 Å². The maximum absolute atomic E-state index is 14.1. The summed E-state index contributed by atoms with van der Waals surface area (Å²) in [6.07, 6.45) is -3.85. The fraction of sp³-hybridized carbons (Fsp3) is 0.433. The summed E-state index contributed by atoms with van der Waals surface area (Å²) in [5, 5.41) is 4.18. The summed E-state index contributed by atoms with van der Waals surface area (Å²) in [6.45, 7) is 5.97. The molecule has 1 saturated heterocycles. The number of aromatic nitrogens is 2. The average molecular weight is 665 g/mol. The summed E-state index contributed by atoms with van der Waals surface area (Å²) in [4.78, 5) is 45.2. The van der Waals surface area contributed by atoms with Crippen molar-refractivity contribution in [2.75, 3.05) is 56.0 Å². The largest absolute Gasteiger partial charge is 0.495 e. The monoisotopic (exact) mass is 664 g/mol. The second-order valence-corrected chi connectivity index (χ2v) is 13.1. The molecule has 0 bridgehead atoms. The highest BCUT2D eigenvalue weighted by Gasteiger charge is 2.45. The lowest BCUT2D eigenvalue weighted by molar-refractivity contribution is -0.137. The number of anilines is 5. The molecule has 0 radical (unpaired) electrons. The molecule has 4 N–H and O–H groups in total. The molecule has 3 aromatic rings. The quantitative estimate of drug-likeness (QED) is 0.201. The Balaban J connectivity index is 1.52. The third-order valence-corrected chi connectivity index (χ3v) is 10.7. The van der Waals surface area contributed by atoms with Crippen LogP contribution in [0.2, 0.25) is 0 Å². The molecule has 0 unspecified atom stereocenters. The molecule has 0 aliphatic carbocycles. The van der Waals surface area contributed by atoms with Crippen LogP contribution in [0.3, 0.4) is 0 Å². The molecule has 1 fully saturated rings. The lowest BCUT2D eigenvalue weighted by atomic mass is 9.92.